The van der Waals surface area contributed by atoms with Crippen LogP contribution in [-0.4, -0.2) is 52.4 Å². The average Bonchev–Trinajstić information content (AvgIpc) is 3.58. The van der Waals surface area contributed by atoms with Gasteiger partial charge >= 0.3 is 0 Å². The maximum atomic E-state index is 6.43. The number of hydrogen-bond acceptors (Lipinski definition) is 8. The van der Waals surface area contributed by atoms with Crippen LogP contribution in [0.25, 0.3) is 0 Å². The normalized spacial score (nSPS) is 26.1. The molecule has 1 unspecified atom stereocenters. The number of nitrogens with zero attached hydrogens (tertiary/aromatic N) is 4. The number of rotatable bonds is 7. The number of aromatic nitrogens is 1. The van der Waals surface area contributed by atoms with Crippen LogP contribution in [0.2, 0.25) is 0 Å². The quantitative estimate of drug-likeness (QED) is 0.543. The Morgan fingerprint density at radius 1 is 1.37 bits per heavy atom. The van der Waals surface area contributed by atoms with Crippen molar-refractivity contribution >= 4 is 35.3 Å². The molecule has 3 fully saturated rings. The molecule has 4 aliphatic rings. The van der Waals surface area contributed by atoms with Crippen molar-refractivity contribution in [3.8, 4) is 0 Å². The summed E-state index contributed by atoms with van der Waals surface area (Å²) in [6.07, 6.45) is 11.7. The largest absolute Gasteiger partial charge is 0.398 e. The highest BCUT2D eigenvalue weighted by atomic mass is 32.2. The van der Waals surface area contributed by atoms with Crippen molar-refractivity contribution in [1.29, 1.82) is 0 Å². The Labute approximate surface area is 167 Å². The van der Waals surface area contributed by atoms with Gasteiger partial charge in [0.2, 0.25) is 0 Å². The minimum Gasteiger partial charge on any atom is -0.398 e. The van der Waals surface area contributed by atoms with E-state index in [1.807, 2.05) is 35.8 Å². The van der Waals surface area contributed by atoms with Crippen LogP contribution in [0.4, 0.5) is 0 Å². The van der Waals surface area contributed by atoms with E-state index < -0.39 is 0 Å². The summed E-state index contributed by atoms with van der Waals surface area (Å²) in [6.45, 7) is 1.53. The molecule has 0 spiro atoms. The second kappa shape index (κ2) is 7.41. The fourth-order valence-electron chi connectivity index (χ4n) is 3.37. The Kier molecular flexibility index (Phi) is 4.79. The van der Waals surface area contributed by atoms with Gasteiger partial charge in [-0.1, -0.05) is 11.9 Å². The van der Waals surface area contributed by atoms with Crippen LogP contribution in [-0.2, 0) is 0 Å². The van der Waals surface area contributed by atoms with Crippen molar-refractivity contribution < 1.29 is 0 Å². The molecule has 3 heterocycles. The van der Waals surface area contributed by atoms with Gasteiger partial charge in [-0.3, -0.25) is 14.7 Å². The molecule has 2 aliphatic carbocycles. The van der Waals surface area contributed by atoms with Crippen molar-refractivity contribution in [2.24, 2.45) is 15.7 Å². The maximum Gasteiger partial charge on any atom is 0.165 e. The van der Waals surface area contributed by atoms with Crippen LogP contribution in [0.15, 0.2) is 44.6 Å². The molecule has 1 saturated heterocycles. The maximum absolute atomic E-state index is 6.43. The van der Waals surface area contributed by atoms with Crippen molar-refractivity contribution in [2.45, 2.75) is 49.4 Å². The zero-order valence-corrected chi connectivity index (χ0v) is 16.8. The first kappa shape index (κ1) is 17.5. The lowest BCUT2D eigenvalue weighted by Crippen LogP contribution is -2.35. The standard InChI is InChI=1S/C19H24N6S2/c20-16(5-6-21-12-1-2-12)15-10-23-18(19-22-7-8-26-19)25-11-13(9-17(15)25)24-27-14-3-4-14/h5-8,12-14,24H,1-4,9-11,20H2. The summed E-state index contributed by atoms with van der Waals surface area (Å²) in [4.78, 5) is 16.2. The third-order valence-corrected chi connectivity index (χ3v) is 7.20. The highest BCUT2D eigenvalue weighted by Crippen LogP contribution is 2.36. The van der Waals surface area contributed by atoms with Crippen LogP contribution in [0.5, 0.6) is 0 Å². The molecule has 0 bridgehead atoms. The molecule has 0 aromatic carbocycles. The number of amidine groups is 1. The predicted octanol–water partition coefficient (Wildman–Crippen LogP) is 2.71. The Morgan fingerprint density at radius 3 is 3.00 bits per heavy atom. The van der Waals surface area contributed by atoms with Crippen molar-refractivity contribution in [3.63, 3.8) is 0 Å². The highest BCUT2D eigenvalue weighted by Gasteiger charge is 2.36. The molecular formula is C19H24N6S2. The van der Waals surface area contributed by atoms with Gasteiger partial charge in [0.15, 0.2) is 10.8 Å². The number of allylic oxidation sites excluding steroid dienone is 1. The van der Waals surface area contributed by atoms with Gasteiger partial charge in [0.25, 0.3) is 0 Å². The fraction of sp³-hybridized carbons (Fsp3) is 0.526. The average molecular weight is 401 g/mol. The first-order valence-corrected chi connectivity index (χ1v) is 11.4. The molecule has 2 saturated carbocycles. The van der Waals surface area contributed by atoms with E-state index in [4.69, 9.17) is 10.7 Å². The van der Waals surface area contributed by atoms with Gasteiger partial charge in [0.1, 0.15) is 0 Å². The molecule has 2 aliphatic heterocycles. The molecule has 3 N–H and O–H groups in total. The van der Waals surface area contributed by atoms with Crippen LogP contribution >= 0.6 is 23.3 Å². The van der Waals surface area contributed by atoms with Crippen molar-refractivity contribution in [1.82, 2.24) is 14.6 Å². The van der Waals surface area contributed by atoms with Crippen LogP contribution in [0.3, 0.4) is 0 Å². The second-order valence-corrected chi connectivity index (χ2v) is 9.53. The van der Waals surface area contributed by atoms with Crippen molar-refractivity contribution in [3.05, 3.63) is 39.6 Å². The monoisotopic (exact) mass is 400 g/mol. The van der Waals surface area contributed by atoms with E-state index >= 15 is 0 Å². The summed E-state index contributed by atoms with van der Waals surface area (Å²) in [6, 6.07) is 0.931. The van der Waals surface area contributed by atoms with Crippen molar-refractivity contribution in [2.75, 3.05) is 13.1 Å². The van der Waals surface area contributed by atoms with E-state index in [1.54, 1.807) is 11.3 Å². The minimum absolute atomic E-state index is 0.414. The molecule has 1 aromatic rings. The summed E-state index contributed by atoms with van der Waals surface area (Å²) >= 11 is 3.54. The topological polar surface area (TPSA) is 78.9 Å². The zero-order valence-electron chi connectivity index (χ0n) is 15.2. The van der Waals surface area contributed by atoms with Gasteiger partial charge in [-0.15, -0.1) is 11.3 Å². The molecule has 5 rings (SSSR count). The summed E-state index contributed by atoms with van der Waals surface area (Å²) in [5.41, 5.74) is 9.65. The van der Waals surface area contributed by atoms with E-state index in [2.05, 4.69) is 19.6 Å². The third-order valence-electron chi connectivity index (χ3n) is 5.16. The number of fused-ring (bicyclic) bond motifs is 1. The summed E-state index contributed by atoms with van der Waals surface area (Å²) in [5, 5.41) is 3.79. The second-order valence-electron chi connectivity index (χ2n) is 7.50. The zero-order chi connectivity index (χ0) is 18.2. The minimum atomic E-state index is 0.414. The molecule has 8 heteroatoms. The fourth-order valence-corrected chi connectivity index (χ4v) is 4.94. The number of nitrogens with two attached hydrogens (primary N) is 1. The molecule has 0 radical (unpaired) electrons. The lowest BCUT2D eigenvalue weighted by Gasteiger charge is -2.27. The smallest absolute Gasteiger partial charge is 0.165 e. The van der Waals surface area contributed by atoms with Crippen LogP contribution in [0.1, 0.15) is 37.1 Å². The van der Waals surface area contributed by atoms with Gasteiger partial charge in [0, 0.05) is 59.0 Å². The Hall–Kier alpha value is -1.64. The lowest BCUT2D eigenvalue weighted by atomic mass is 10.1. The highest BCUT2D eigenvalue weighted by molar-refractivity contribution is 7.98. The van der Waals surface area contributed by atoms with E-state index in [0.717, 1.165) is 40.3 Å². The predicted molar refractivity (Wildman–Crippen MR) is 113 cm³/mol. The van der Waals surface area contributed by atoms with E-state index in [1.165, 1.54) is 31.4 Å². The van der Waals surface area contributed by atoms with E-state index in [0.29, 0.717) is 18.6 Å². The number of nitrogens with one attached hydrogen (secondary N) is 1. The third kappa shape index (κ3) is 3.97. The number of thiazole rings is 1. The first-order chi connectivity index (χ1) is 13.3. The number of hydrogen-bond donors (Lipinski definition) is 2. The molecule has 1 aromatic heterocycles. The molecule has 27 heavy (non-hydrogen) atoms. The Bertz CT molecular complexity index is 817. The number of aliphatic imine (C=N–C) groups is 2. The van der Waals surface area contributed by atoms with Gasteiger partial charge in [-0.25, -0.2) is 4.98 Å². The van der Waals surface area contributed by atoms with Crippen LogP contribution in [0, 0.1) is 0 Å². The molecule has 142 valence electrons. The SMILES string of the molecule is NC(=CC=NC1CC1)C1=C2CC(NSC3CC3)CN2C(c2nccs2)=NC1. The van der Waals surface area contributed by atoms with E-state index in [9.17, 15) is 0 Å². The summed E-state index contributed by atoms with van der Waals surface area (Å²) in [5.74, 6) is 0.990. The van der Waals surface area contributed by atoms with Crippen LogP contribution < -0.4 is 10.5 Å². The molecule has 6 nitrogen and oxygen atoms in total. The summed E-state index contributed by atoms with van der Waals surface area (Å²) in [7, 11) is 0. The first-order valence-electron chi connectivity index (χ1n) is 9.62. The molecule has 0 amide bonds. The van der Waals surface area contributed by atoms with Gasteiger partial charge in [-0.2, -0.15) is 0 Å². The van der Waals surface area contributed by atoms with Gasteiger partial charge in [-0.05, 0) is 31.8 Å². The molecular weight excluding hydrogens is 376 g/mol. The van der Waals surface area contributed by atoms with Gasteiger partial charge < -0.3 is 10.6 Å². The lowest BCUT2D eigenvalue weighted by molar-refractivity contribution is 0.538. The van der Waals surface area contributed by atoms with Gasteiger partial charge in [0.05, 0.1) is 12.6 Å². The van der Waals surface area contributed by atoms with E-state index in [-0.39, 0.29) is 0 Å². The Balaban J connectivity index is 1.39. The molecule has 1 atom stereocenters. The Morgan fingerprint density at radius 2 is 2.26 bits per heavy atom. The summed E-state index contributed by atoms with van der Waals surface area (Å²) < 4.78 is 3.67.